The number of nitrogens with zero attached hydrogens (tertiary/aromatic N) is 8. The maximum atomic E-state index is 12.6. The Balaban J connectivity index is 0.000000566. The smallest absolute Gasteiger partial charge is 0.475 e. The van der Waals surface area contributed by atoms with Gasteiger partial charge in [-0.05, 0) is 6.07 Å². The Morgan fingerprint density at radius 3 is 2.27 bits per heavy atom. The molecular weight excluding hydrogens is 604 g/mol. The third-order valence-electron chi connectivity index (χ3n) is 6.41. The highest BCUT2D eigenvalue weighted by Gasteiger charge is 2.38. The third-order valence-corrected chi connectivity index (χ3v) is 6.41. The van der Waals surface area contributed by atoms with Crippen LogP contribution in [0.4, 0.5) is 43.9 Å². The standard InChI is InChI=1S/C22H30F3N11O.C2HF3O2/c23-22(24,25)14-37-12-11-36-19-18(16(33-36)13-34-7-3-26-4-8-34)31-21(35-9-5-27-6-10-35)32-20(19)30-17-1-2-28-15-29-17;3-2(4,5)1(6)7/h1-2,15,26-27H,3-14H2,(H,28,29,30,31,32);(H,6,7). The minimum atomic E-state index is -5.08. The average molecular weight is 636 g/mol. The van der Waals surface area contributed by atoms with E-state index < -0.39 is 24.9 Å². The minimum Gasteiger partial charge on any atom is -0.475 e. The molecule has 0 saturated carbocycles. The molecule has 0 atom stereocenters. The van der Waals surface area contributed by atoms with E-state index in [4.69, 9.17) is 29.7 Å². The normalized spacial score (nSPS) is 16.5. The molecule has 20 heteroatoms. The summed E-state index contributed by atoms with van der Waals surface area (Å²) in [6.45, 7) is 5.86. The van der Waals surface area contributed by atoms with Crippen molar-refractivity contribution in [3.05, 3.63) is 24.3 Å². The van der Waals surface area contributed by atoms with Gasteiger partial charge < -0.3 is 30.7 Å². The second kappa shape index (κ2) is 14.7. The van der Waals surface area contributed by atoms with E-state index in [1.54, 1.807) is 16.9 Å². The van der Waals surface area contributed by atoms with Crippen LogP contribution >= 0.6 is 0 Å². The van der Waals surface area contributed by atoms with Gasteiger partial charge in [0.05, 0.1) is 13.2 Å². The Morgan fingerprint density at radius 1 is 1.02 bits per heavy atom. The zero-order valence-electron chi connectivity index (χ0n) is 23.3. The number of hydrogen-bond donors (Lipinski definition) is 4. The van der Waals surface area contributed by atoms with E-state index in [1.807, 2.05) is 0 Å². The topological polar surface area (TPSA) is 158 Å². The van der Waals surface area contributed by atoms with Gasteiger partial charge in [-0.25, -0.2) is 19.7 Å². The number of alkyl halides is 6. The van der Waals surface area contributed by atoms with Crippen molar-refractivity contribution >= 4 is 34.6 Å². The maximum Gasteiger partial charge on any atom is 0.490 e. The van der Waals surface area contributed by atoms with Crippen LogP contribution in [0, 0.1) is 0 Å². The molecule has 4 N–H and O–H groups in total. The molecule has 3 aromatic heterocycles. The van der Waals surface area contributed by atoms with Crippen LogP contribution in [0.15, 0.2) is 18.6 Å². The number of nitrogens with one attached hydrogen (secondary N) is 3. The summed E-state index contributed by atoms with van der Waals surface area (Å²) in [6, 6.07) is 1.72. The Labute approximate surface area is 246 Å². The van der Waals surface area contributed by atoms with Crippen molar-refractivity contribution in [3.8, 4) is 0 Å². The number of hydrogen-bond acceptors (Lipinski definition) is 12. The molecule has 0 spiro atoms. The van der Waals surface area contributed by atoms with Gasteiger partial charge in [-0.15, -0.1) is 0 Å². The average Bonchev–Trinajstić information content (AvgIpc) is 3.33. The van der Waals surface area contributed by atoms with Crippen LogP contribution in [0.1, 0.15) is 5.69 Å². The van der Waals surface area contributed by atoms with Crippen LogP contribution in [0.3, 0.4) is 0 Å². The van der Waals surface area contributed by atoms with Gasteiger partial charge >= 0.3 is 18.3 Å². The summed E-state index contributed by atoms with van der Waals surface area (Å²) in [4.78, 5) is 31.2. The maximum absolute atomic E-state index is 12.6. The molecule has 0 radical (unpaired) electrons. The van der Waals surface area contributed by atoms with Crippen LogP contribution in [-0.4, -0.2) is 124 Å². The first-order valence-electron chi connectivity index (χ1n) is 13.5. The number of carboxylic acids is 1. The van der Waals surface area contributed by atoms with Crippen LogP contribution in [0.2, 0.25) is 0 Å². The SMILES string of the molecule is FC(F)(F)COCCn1nc(CN2CCNCC2)c2nc(N3CCNCC3)nc(Nc3ccncn3)c21.O=C(O)C(F)(F)F. The first kappa shape index (κ1) is 33.0. The van der Waals surface area contributed by atoms with Gasteiger partial charge in [0.25, 0.3) is 0 Å². The van der Waals surface area contributed by atoms with Crippen LogP contribution in [-0.2, 0) is 22.6 Å². The Morgan fingerprint density at radius 2 is 1.68 bits per heavy atom. The van der Waals surface area contributed by atoms with Crippen molar-refractivity contribution in [1.29, 1.82) is 0 Å². The summed E-state index contributed by atoms with van der Waals surface area (Å²) >= 11 is 0. The number of anilines is 3. The largest absolute Gasteiger partial charge is 0.490 e. The van der Waals surface area contributed by atoms with Gasteiger partial charge in [0.15, 0.2) is 5.82 Å². The number of rotatable bonds is 9. The summed E-state index contributed by atoms with van der Waals surface area (Å²) in [5, 5.41) is 21.8. The van der Waals surface area contributed by atoms with Gasteiger partial charge in [0, 0.05) is 65.1 Å². The second-order valence-electron chi connectivity index (χ2n) is 9.69. The number of carboxylic acid groups (broad SMARTS) is 1. The second-order valence-corrected chi connectivity index (χ2v) is 9.69. The highest BCUT2D eigenvalue weighted by molar-refractivity contribution is 5.90. The summed E-state index contributed by atoms with van der Waals surface area (Å²) < 4.78 is 76.1. The highest BCUT2D eigenvalue weighted by Crippen LogP contribution is 2.29. The molecule has 2 fully saturated rings. The van der Waals surface area contributed by atoms with E-state index in [1.165, 1.54) is 6.33 Å². The highest BCUT2D eigenvalue weighted by atomic mass is 19.4. The van der Waals surface area contributed by atoms with Crippen molar-refractivity contribution in [1.82, 2.24) is 45.2 Å². The molecule has 0 unspecified atom stereocenters. The molecule has 0 bridgehead atoms. The van der Waals surface area contributed by atoms with Crippen molar-refractivity contribution < 1.29 is 41.0 Å². The van der Waals surface area contributed by atoms with Crippen molar-refractivity contribution in [3.63, 3.8) is 0 Å². The molecule has 5 heterocycles. The van der Waals surface area contributed by atoms with Crippen LogP contribution < -0.4 is 20.9 Å². The Bertz CT molecular complexity index is 1360. The van der Waals surface area contributed by atoms with Crippen molar-refractivity contribution in [2.75, 3.05) is 75.8 Å². The molecule has 2 aliphatic rings. The summed E-state index contributed by atoms with van der Waals surface area (Å²) in [7, 11) is 0. The molecule has 0 aliphatic carbocycles. The van der Waals surface area contributed by atoms with E-state index in [2.05, 4.69) is 35.7 Å². The lowest BCUT2D eigenvalue weighted by Crippen LogP contribution is -2.44. The molecule has 14 nitrogen and oxygen atoms in total. The number of aromatic nitrogens is 6. The predicted octanol–water partition coefficient (Wildman–Crippen LogP) is 1.39. The fourth-order valence-corrected chi connectivity index (χ4v) is 4.40. The van der Waals surface area contributed by atoms with Crippen LogP contribution in [0.25, 0.3) is 11.0 Å². The summed E-state index contributed by atoms with van der Waals surface area (Å²) in [5.74, 6) is -1.18. The molecule has 2 aliphatic heterocycles. The van der Waals surface area contributed by atoms with Gasteiger partial charge in [-0.3, -0.25) is 9.58 Å². The number of halogens is 6. The van der Waals surface area contributed by atoms with Gasteiger partial charge in [-0.2, -0.15) is 36.4 Å². The van der Waals surface area contributed by atoms with Gasteiger partial charge in [-0.1, -0.05) is 0 Å². The third kappa shape index (κ3) is 9.56. The first-order chi connectivity index (χ1) is 20.9. The van der Waals surface area contributed by atoms with E-state index in [0.29, 0.717) is 35.2 Å². The van der Waals surface area contributed by atoms with E-state index >= 15 is 0 Å². The summed E-state index contributed by atoms with van der Waals surface area (Å²) in [6.07, 6.45) is -6.43. The van der Waals surface area contributed by atoms with Crippen molar-refractivity contribution in [2.24, 2.45) is 0 Å². The number of piperazine rings is 2. The molecule has 242 valence electrons. The lowest BCUT2D eigenvalue weighted by Gasteiger charge is -2.28. The Kier molecular flexibility index (Phi) is 11.1. The monoisotopic (exact) mass is 635 g/mol. The van der Waals surface area contributed by atoms with E-state index in [-0.39, 0.29) is 13.2 Å². The molecule has 2 saturated heterocycles. The lowest BCUT2D eigenvalue weighted by atomic mass is 10.2. The zero-order valence-corrected chi connectivity index (χ0v) is 23.3. The fourth-order valence-electron chi connectivity index (χ4n) is 4.40. The molecule has 3 aromatic rings. The van der Waals surface area contributed by atoms with E-state index in [9.17, 15) is 26.3 Å². The summed E-state index contributed by atoms with van der Waals surface area (Å²) in [5.41, 5.74) is 2.00. The van der Waals surface area contributed by atoms with Crippen molar-refractivity contribution in [2.45, 2.75) is 25.4 Å². The number of carbonyl (C=O) groups is 1. The molecule has 0 aromatic carbocycles. The lowest BCUT2D eigenvalue weighted by molar-refractivity contribution is -0.192. The number of ether oxygens (including phenoxy) is 1. The van der Waals surface area contributed by atoms with Gasteiger partial charge in [0.1, 0.15) is 35.5 Å². The molecule has 44 heavy (non-hydrogen) atoms. The van der Waals surface area contributed by atoms with Gasteiger partial charge in [0.2, 0.25) is 5.95 Å². The molecular formula is C24H31F6N11O3. The minimum absolute atomic E-state index is 0.114. The predicted molar refractivity (Wildman–Crippen MR) is 144 cm³/mol. The molecule has 0 amide bonds. The fraction of sp³-hybridized carbons (Fsp3) is 0.583. The first-order valence-corrected chi connectivity index (χ1v) is 13.5. The van der Waals surface area contributed by atoms with Crippen LogP contribution in [0.5, 0.6) is 0 Å². The quantitative estimate of drug-likeness (QED) is 0.198. The molecule has 5 rings (SSSR count). The zero-order chi connectivity index (χ0) is 31.7. The number of fused-ring (bicyclic) bond motifs is 1. The Hall–Kier alpha value is -3.88. The van der Waals surface area contributed by atoms with E-state index in [0.717, 1.165) is 58.1 Å². The number of aliphatic carboxylic acids is 1.